The lowest BCUT2D eigenvalue weighted by atomic mass is 9.99. The number of carbonyl (C=O) groups is 1. The fourth-order valence-corrected chi connectivity index (χ4v) is 1.56. The summed E-state index contributed by atoms with van der Waals surface area (Å²) in [6.07, 6.45) is 0.410. The molecule has 0 saturated carbocycles. The molecule has 88 valence electrons. The van der Waals surface area contributed by atoms with Gasteiger partial charge in [-0.15, -0.1) is 0 Å². The van der Waals surface area contributed by atoms with Crippen LogP contribution in [0.4, 0.5) is 0 Å². The van der Waals surface area contributed by atoms with Crippen LogP contribution in [0.3, 0.4) is 0 Å². The molecule has 0 heterocycles. The molecule has 0 aliphatic heterocycles. The molecule has 1 N–H and O–H groups in total. The Bertz CT molecular complexity index is 349. The van der Waals surface area contributed by atoms with Gasteiger partial charge in [0, 0.05) is 7.11 Å². The number of methoxy groups -OCH3 is 2. The fourth-order valence-electron chi connectivity index (χ4n) is 1.56. The van der Waals surface area contributed by atoms with Crippen molar-refractivity contribution in [1.29, 1.82) is 0 Å². The topological polar surface area (TPSA) is 55.8 Å². The van der Waals surface area contributed by atoms with Gasteiger partial charge in [-0.1, -0.05) is 18.2 Å². The molecule has 0 aliphatic rings. The van der Waals surface area contributed by atoms with Crippen LogP contribution in [0.25, 0.3) is 0 Å². The second-order valence-corrected chi connectivity index (χ2v) is 3.51. The molecule has 1 rings (SSSR count). The van der Waals surface area contributed by atoms with Gasteiger partial charge in [-0.2, -0.15) is 0 Å². The predicted octanol–water partition coefficient (Wildman–Crippen LogP) is 1.58. The van der Waals surface area contributed by atoms with E-state index in [1.54, 1.807) is 7.11 Å². The van der Waals surface area contributed by atoms with Gasteiger partial charge in [0.1, 0.15) is 5.75 Å². The van der Waals surface area contributed by atoms with Gasteiger partial charge in [-0.05, 0) is 18.1 Å². The zero-order valence-electron chi connectivity index (χ0n) is 9.47. The van der Waals surface area contributed by atoms with E-state index in [1.807, 2.05) is 24.3 Å². The average molecular weight is 224 g/mol. The third-order valence-electron chi connectivity index (χ3n) is 2.38. The van der Waals surface area contributed by atoms with Gasteiger partial charge in [-0.25, -0.2) is 0 Å². The molecule has 1 aromatic carbocycles. The number of benzene rings is 1. The highest BCUT2D eigenvalue weighted by Gasteiger charge is 2.19. The standard InChI is InChI=1S/C12H16O4/c1-15-8-10(12(13)14)7-9-5-3-4-6-11(9)16-2/h3-6,10H,7-8H2,1-2H3,(H,13,14). The average Bonchev–Trinajstić information content (AvgIpc) is 2.29. The molecule has 1 aromatic rings. The SMILES string of the molecule is COCC(Cc1ccccc1OC)C(=O)O. The maximum absolute atomic E-state index is 11.0. The van der Waals surface area contributed by atoms with E-state index in [0.29, 0.717) is 12.2 Å². The van der Waals surface area contributed by atoms with Crippen LogP contribution in [0.1, 0.15) is 5.56 Å². The van der Waals surface area contributed by atoms with E-state index in [4.69, 9.17) is 14.6 Å². The number of hydrogen-bond donors (Lipinski definition) is 1. The minimum Gasteiger partial charge on any atom is -0.496 e. The summed E-state index contributed by atoms with van der Waals surface area (Å²) in [5, 5.41) is 9.01. The van der Waals surface area contributed by atoms with Crippen LogP contribution in [0.2, 0.25) is 0 Å². The second kappa shape index (κ2) is 6.12. The first kappa shape index (κ1) is 12.5. The van der Waals surface area contributed by atoms with Gasteiger partial charge in [0.2, 0.25) is 0 Å². The largest absolute Gasteiger partial charge is 0.496 e. The first-order valence-electron chi connectivity index (χ1n) is 5.02. The van der Waals surface area contributed by atoms with E-state index in [1.165, 1.54) is 7.11 Å². The van der Waals surface area contributed by atoms with Crippen molar-refractivity contribution in [2.45, 2.75) is 6.42 Å². The van der Waals surface area contributed by atoms with Crippen LogP contribution >= 0.6 is 0 Å². The first-order chi connectivity index (χ1) is 7.69. The Morgan fingerprint density at radius 1 is 1.38 bits per heavy atom. The van der Waals surface area contributed by atoms with E-state index >= 15 is 0 Å². The zero-order valence-corrected chi connectivity index (χ0v) is 9.47. The number of carboxylic acid groups (broad SMARTS) is 1. The number of carboxylic acids is 1. The summed E-state index contributed by atoms with van der Waals surface area (Å²) in [7, 11) is 3.07. The van der Waals surface area contributed by atoms with E-state index in [0.717, 1.165) is 5.56 Å². The van der Waals surface area contributed by atoms with E-state index < -0.39 is 11.9 Å². The van der Waals surface area contributed by atoms with Crippen molar-refractivity contribution in [2.75, 3.05) is 20.8 Å². The van der Waals surface area contributed by atoms with Crippen molar-refractivity contribution in [3.8, 4) is 5.75 Å². The summed E-state index contributed by atoms with van der Waals surface area (Å²) < 4.78 is 10.1. The van der Waals surface area contributed by atoms with Gasteiger partial charge >= 0.3 is 5.97 Å². The summed E-state index contributed by atoms with van der Waals surface area (Å²) in [6.45, 7) is 0.202. The number of ether oxygens (including phenoxy) is 2. The minimum absolute atomic E-state index is 0.202. The molecule has 0 bridgehead atoms. The van der Waals surface area contributed by atoms with Crippen LogP contribution < -0.4 is 4.74 Å². The van der Waals surface area contributed by atoms with E-state index in [-0.39, 0.29) is 6.61 Å². The minimum atomic E-state index is -0.854. The fraction of sp³-hybridized carbons (Fsp3) is 0.417. The molecule has 0 spiro atoms. The molecule has 0 amide bonds. The predicted molar refractivity (Wildman–Crippen MR) is 59.7 cm³/mol. The molecule has 1 unspecified atom stereocenters. The van der Waals surface area contributed by atoms with E-state index in [9.17, 15) is 4.79 Å². The molecule has 0 radical (unpaired) electrons. The molecular weight excluding hydrogens is 208 g/mol. The van der Waals surface area contributed by atoms with Gasteiger partial charge in [0.25, 0.3) is 0 Å². The number of hydrogen-bond acceptors (Lipinski definition) is 3. The smallest absolute Gasteiger partial charge is 0.309 e. The summed E-state index contributed by atoms with van der Waals surface area (Å²) in [5.74, 6) is -0.682. The van der Waals surface area contributed by atoms with Crippen LogP contribution in [-0.2, 0) is 16.0 Å². The molecule has 0 saturated heterocycles. The Labute approximate surface area is 94.8 Å². The monoisotopic (exact) mass is 224 g/mol. The molecule has 0 fully saturated rings. The van der Waals surface area contributed by atoms with Crippen LogP contribution in [0.5, 0.6) is 5.75 Å². The second-order valence-electron chi connectivity index (χ2n) is 3.51. The lowest BCUT2D eigenvalue weighted by molar-refractivity contribution is -0.143. The van der Waals surface area contributed by atoms with Gasteiger partial charge in [0.05, 0.1) is 19.6 Å². The van der Waals surface area contributed by atoms with Crippen LogP contribution in [0.15, 0.2) is 24.3 Å². The number of aliphatic carboxylic acids is 1. The quantitative estimate of drug-likeness (QED) is 0.797. The summed E-state index contributed by atoms with van der Waals surface area (Å²) in [6, 6.07) is 7.41. The first-order valence-corrected chi connectivity index (χ1v) is 5.02. The van der Waals surface area contributed by atoms with Crippen molar-refractivity contribution in [1.82, 2.24) is 0 Å². The van der Waals surface area contributed by atoms with Crippen molar-refractivity contribution < 1.29 is 19.4 Å². The molecule has 0 aromatic heterocycles. The lowest BCUT2D eigenvalue weighted by Gasteiger charge is -2.13. The Hall–Kier alpha value is -1.55. The summed E-state index contributed by atoms with van der Waals surface area (Å²) >= 11 is 0. The highest BCUT2D eigenvalue weighted by Crippen LogP contribution is 2.21. The normalized spacial score (nSPS) is 12.1. The maximum atomic E-state index is 11.0. The summed E-state index contributed by atoms with van der Waals surface area (Å²) in [5.41, 5.74) is 0.884. The molecule has 1 atom stereocenters. The van der Waals surface area contributed by atoms with Crippen LogP contribution in [0, 0.1) is 5.92 Å². The van der Waals surface area contributed by atoms with E-state index in [2.05, 4.69) is 0 Å². The molecule has 4 nitrogen and oxygen atoms in total. The van der Waals surface area contributed by atoms with Crippen molar-refractivity contribution >= 4 is 5.97 Å². The van der Waals surface area contributed by atoms with Gasteiger partial charge in [-0.3, -0.25) is 4.79 Å². The Balaban J connectivity index is 2.80. The summed E-state index contributed by atoms with van der Waals surface area (Å²) in [4.78, 5) is 11.0. The van der Waals surface area contributed by atoms with Gasteiger partial charge in [0.15, 0.2) is 0 Å². The molecular formula is C12H16O4. The Morgan fingerprint density at radius 3 is 2.62 bits per heavy atom. The highest BCUT2D eigenvalue weighted by molar-refractivity contribution is 5.70. The van der Waals surface area contributed by atoms with Gasteiger partial charge < -0.3 is 14.6 Å². The Morgan fingerprint density at radius 2 is 2.06 bits per heavy atom. The molecule has 4 heteroatoms. The highest BCUT2D eigenvalue weighted by atomic mass is 16.5. The third-order valence-corrected chi connectivity index (χ3v) is 2.38. The van der Waals surface area contributed by atoms with Crippen LogP contribution in [-0.4, -0.2) is 31.9 Å². The number of para-hydroxylation sites is 1. The Kier molecular flexibility index (Phi) is 4.79. The number of rotatable bonds is 6. The van der Waals surface area contributed by atoms with Crippen molar-refractivity contribution in [3.05, 3.63) is 29.8 Å². The zero-order chi connectivity index (χ0) is 12.0. The molecule has 16 heavy (non-hydrogen) atoms. The third kappa shape index (κ3) is 3.24. The maximum Gasteiger partial charge on any atom is 0.309 e. The van der Waals surface area contributed by atoms with Crippen molar-refractivity contribution in [2.24, 2.45) is 5.92 Å². The lowest BCUT2D eigenvalue weighted by Crippen LogP contribution is -2.21. The van der Waals surface area contributed by atoms with Crippen molar-refractivity contribution in [3.63, 3.8) is 0 Å². The molecule has 0 aliphatic carbocycles.